The highest BCUT2D eigenvalue weighted by molar-refractivity contribution is 7.97. The van der Waals surface area contributed by atoms with Crippen molar-refractivity contribution in [2.24, 2.45) is 0 Å². The molecule has 0 aliphatic carbocycles. The van der Waals surface area contributed by atoms with E-state index >= 15 is 0 Å². The van der Waals surface area contributed by atoms with Gasteiger partial charge in [0.1, 0.15) is 12.4 Å². The van der Waals surface area contributed by atoms with Crippen LogP contribution in [0.5, 0.6) is 0 Å². The number of esters is 1. The van der Waals surface area contributed by atoms with Crippen molar-refractivity contribution in [2.45, 2.75) is 38.6 Å². The van der Waals surface area contributed by atoms with Crippen LogP contribution in [-0.2, 0) is 26.6 Å². The number of carbonyl (C=O) groups excluding carboxylic acids is 3. The SMILES string of the molecule is CSCc1nc2ccccc2n1CC(=O)OCC(=O)NC(=O)NC(C)(C)C. The van der Waals surface area contributed by atoms with Gasteiger partial charge < -0.3 is 14.6 Å². The fourth-order valence-electron chi connectivity index (χ4n) is 2.40. The Hall–Kier alpha value is -2.55. The van der Waals surface area contributed by atoms with Gasteiger partial charge in [-0.1, -0.05) is 12.1 Å². The Kier molecular flexibility index (Phi) is 6.84. The molecule has 3 amide bonds. The van der Waals surface area contributed by atoms with E-state index in [0.717, 1.165) is 16.9 Å². The first-order valence-electron chi connectivity index (χ1n) is 8.40. The number of ether oxygens (including phenoxy) is 1. The van der Waals surface area contributed by atoms with Gasteiger partial charge in [0, 0.05) is 5.54 Å². The number of aromatic nitrogens is 2. The quantitative estimate of drug-likeness (QED) is 0.730. The normalized spacial score (nSPS) is 11.3. The summed E-state index contributed by atoms with van der Waals surface area (Å²) in [6, 6.07) is 6.88. The van der Waals surface area contributed by atoms with Crippen molar-refractivity contribution < 1.29 is 19.1 Å². The predicted octanol–water partition coefficient (Wildman–Crippen LogP) is 2.07. The standard InChI is InChI=1S/C18H24N4O4S/c1-18(2,3)21-17(25)20-15(23)10-26-16(24)9-22-13-8-6-5-7-12(13)19-14(22)11-27-4/h5-8H,9-11H2,1-4H3,(H2,20,21,23,25). The summed E-state index contributed by atoms with van der Waals surface area (Å²) < 4.78 is 6.78. The molecule has 27 heavy (non-hydrogen) atoms. The first kappa shape index (κ1) is 20.8. The molecule has 0 saturated carbocycles. The molecule has 9 heteroatoms. The molecule has 146 valence electrons. The second kappa shape index (κ2) is 8.90. The number of urea groups is 1. The molecule has 0 fully saturated rings. The molecule has 1 aromatic heterocycles. The van der Waals surface area contributed by atoms with E-state index in [1.54, 1.807) is 37.1 Å². The van der Waals surface area contributed by atoms with E-state index in [-0.39, 0.29) is 6.54 Å². The molecule has 0 aliphatic rings. The van der Waals surface area contributed by atoms with Gasteiger partial charge in [0.25, 0.3) is 5.91 Å². The smallest absolute Gasteiger partial charge is 0.326 e. The van der Waals surface area contributed by atoms with Gasteiger partial charge >= 0.3 is 12.0 Å². The Morgan fingerprint density at radius 2 is 1.93 bits per heavy atom. The van der Waals surface area contributed by atoms with Gasteiger partial charge in [-0.2, -0.15) is 11.8 Å². The summed E-state index contributed by atoms with van der Waals surface area (Å²) in [6.45, 7) is 4.79. The Labute approximate surface area is 162 Å². The highest BCUT2D eigenvalue weighted by atomic mass is 32.2. The lowest BCUT2D eigenvalue weighted by Gasteiger charge is -2.20. The molecule has 2 aromatic rings. The average Bonchev–Trinajstić information content (AvgIpc) is 2.89. The van der Waals surface area contributed by atoms with Crippen molar-refractivity contribution in [1.29, 1.82) is 0 Å². The monoisotopic (exact) mass is 392 g/mol. The number of imide groups is 1. The lowest BCUT2D eigenvalue weighted by atomic mass is 10.1. The number of nitrogens with one attached hydrogen (secondary N) is 2. The zero-order chi connectivity index (χ0) is 20.0. The van der Waals surface area contributed by atoms with Gasteiger partial charge in [-0.15, -0.1) is 0 Å². The van der Waals surface area contributed by atoms with Crippen LogP contribution in [0, 0.1) is 0 Å². The Bertz CT molecular complexity index is 841. The van der Waals surface area contributed by atoms with Gasteiger partial charge in [0.05, 0.1) is 16.8 Å². The van der Waals surface area contributed by atoms with E-state index in [2.05, 4.69) is 15.6 Å². The number of imidazole rings is 1. The second-order valence-electron chi connectivity index (χ2n) is 6.95. The highest BCUT2D eigenvalue weighted by Crippen LogP contribution is 2.19. The summed E-state index contributed by atoms with van der Waals surface area (Å²) in [4.78, 5) is 40.1. The Balaban J connectivity index is 1.94. The van der Waals surface area contributed by atoms with Crippen molar-refractivity contribution in [1.82, 2.24) is 20.2 Å². The van der Waals surface area contributed by atoms with Crippen LogP contribution in [0.4, 0.5) is 4.79 Å². The summed E-state index contributed by atoms with van der Waals surface area (Å²) in [5, 5.41) is 4.71. The number of benzene rings is 1. The summed E-state index contributed by atoms with van der Waals surface area (Å²) in [5.74, 6) is 0.140. The van der Waals surface area contributed by atoms with Crippen molar-refractivity contribution in [2.75, 3.05) is 12.9 Å². The number of carbonyl (C=O) groups is 3. The van der Waals surface area contributed by atoms with Crippen LogP contribution in [0.3, 0.4) is 0 Å². The molecule has 8 nitrogen and oxygen atoms in total. The molecule has 0 saturated heterocycles. The van der Waals surface area contributed by atoms with E-state index in [4.69, 9.17) is 4.74 Å². The molecule has 0 bridgehead atoms. The minimum atomic E-state index is -0.690. The maximum Gasteiger partial charge on any atom is 0.326 e. The zero-order valence-corrected chi connectivity index (χ0v) is 16.7. The lowest BCUT2D eigenvalue weighted by Crippen LogP contribution is -2.49. The topological polar surface area (TPSA) is 102 Å². The van der Waals surface area contributed by atoms with Crippen LogP contribution in [0.15, 0.2) is 24.3 Å². The number of para-hydroxylation sites is 2. The van der Waals surface area contributed by atoms with Crippen LogP contribution in [-0.4, -0.2) is 45.9 Å². The molecule has 2 rings (SSSR count). The molecule has 1 heterocycles. The number of hydrogen-bond acceptors (Lipinski definition) is 6. The molecule has 0 unspecified atom stereocenters. The van der Waals surface area contributed by atoms with Gasteiger partial charge in [-0.25, -0.2) is 9.78 Å². The molecule has 1 aromatic carbocycles. The predicted molar refractivity (Wildman–Crippen MR) is 104 cm³/mol. The van der Waals surface area contributed by atoms with Gasteiger partial charge in [0.15, 0.2) is 6.61 Å². The number of thioether (sulfide) groups is 1. The molecule has 2 N–H and O–H groups in total. The first-order chi connectivity index (χ1) is 12.7. The van der Waals surface area contributed by atoms with Crippen molar-refractivity contribution in [3.63, 3.8) is 0 Å². The van der Waals surface area contributed by atoms with Gasteiger partial charge in [-0.3, -0.25) is 14.9 Å². The van der Waals surface area contributed by atoms with Crippen LogP contribution in [0.2, 0.25) is 0 Å². The second-order valence-corrected chi connectivity index (χ2v) is 7.81. The number of amides is 3. The highest BCUT2D eigenvalue weighted by Gasteiger charge is 2.18. The third-order valence-electron chi connectivity index (χ3n) is 3.40. The molecule has 0 atom stereocenters. The third kappa shape index (κ3) is 6.28. The van der Waals surface area contributed by atoms with E-state index in [1.165, 1.54) is 0 Å². The van der Waals surface area contributed by atoms with Gasteiger partial charge in [-0.05, 0) is 39.2 Å². The Morgan fingerprint density at radius 3 is 2.59 bits per heavy atom. The van der Waals surface area contributed by atoms with Crippen LogP contribution in [0.25, 0.3) is 11.0 Å². The minimum Gasteiger partial charge on any atom is -0.454 e. The van der Waals surface area contributed by atoms with Crippen LogP contribution < -0.4 is 10.6 Å². The average molecular weight is 392 g/mol. The zero-order valence-electron chi connectivity index (χ0n) is 15.9. The van der Waals surface area contributed by atoms with E-state index in [0.29, 0.717) is 5.75 Å². The van der Waals surface area contributed by atoms with Crippen molar-refractivity contribution in [3.05, 3.63) is 30.1 Å². The van der Waals surface area contributed by atoms with Gasteiger partial charge in [0.2, 0.25) is 0 Å². The summed E-state index contributed by atoms with van der Waals surface area (Å²) in [7, 11) is 0. The van der Waals surface area contributed by atoms with Crippen molar-refractivity contribution >= 4 is 40.7 Å². The summed E-state index contributed by atoms with van der Waals surface area (Å²) >= 11 is 1.60. The summed E-state index contributed by atoms with van der Waals surface area (Å²) in [5.41, 5.74) is 1.15. The molecular weight excluding hydrogens is 368 g/mol. The largest absolute Gasteiger partial charge is 0.454 e. The fourth-order valence-corrected chi connectivity index (χ4v) is 2.88. The maximum absolute atomic E-state index is 12.2. The number of hydrogen-bond donors (Lipinski definition) is 2. The minimum absolute atomic E-state index is 0.0577. The van der Waals surface area contributed by atoms with E-state index in [1.807, 2.05) is 30.5 Å². The van der Waals surface area contributed by atoms with Crippen molar-refractivity contribution in [3.8, 4) is 0 Å². The lowest BCUT2D eigenvalue weighted by molar-refractivity contribution is -0.148. The van der Waals surface area contributed by atoms with Crippen LogP contribution >= 0.6 is 11.8 Å². The molecule has 0 spiro atoms. The number of nitrogens with zero attached hydrogens (tertiary/aromatic N) is 2. The molecule has 0 radical (unpaired) electrons. The third-order valence-corrected chi connectivity index (χ3v) is 3.95. The fraction of sp³-hybridized carbons (Fsp3) is 0.444. The maximum atomic E-state index is 12.2. The summed E-state index contributed by atoms with van der Waals surface area (Å²) in [6.07, 6.45) is 1.95. The Morgan fingerprint density at radius 1 is 1.22 bits per heavy atom. The first-order valence-corrected chi connectivity index (χ1v) is 9.79. The molecule has 0 aliphatic heterocycles. The number of rotatable bonds is 6. The van der Waals surface area contributed by atoms with Crippen LogP contribution in [0.1, 0.15) is 26.6 Å². The van der Waals surface area contributed by atoms with E-state index < -0.39 is 30.1 Å². The molecular formula is C18H24N4O4S. The van der Waals surface area contributed by atoms with E-state index in [9.17, 15) is 14.4 Å². The number of fused-ring (bicyclic) bond motifs is 1.